The predicted octanol–water partition coefficient (Wildman–Crippen LogP) is 1.20. The van der Waals surface area contributed by atoms with Crippen molar-refractivity contribution in [3.63, 3.8) is 0 Å². The Kier molecular flexibility index (Phi) is 3.93. The molecule has 20 heavy (non-hydrogen) atoms. The van der Waals surface area contributed by atoms with Crippen molar-refractivity contribution >= 4 is 27.7 Å². The van der Waals surface area contributed by atoms with Gasteiger partial charge in [0, 0.05) is 23.4 Å². The lowest BCUT2D eigenvalue weighted by atomic mass is 10.2. The highest BCUT2D eigenvalue weighted by Crippen LogP contribution is 2.12. The molecule has 0 saturated carbocycles. The minimum atomic E-state index is -0.428. The van der Waals surface area contributed by atoms with Crippen molar-refractivity contribution in [3.05, 3.63) is 39.4 Å². The average molecular weight is 340 g/mol. The molecule has 106 valence electrons. The highest BCUT2D eigenvalue weighted by Gasteiger charge is 2.18. The fraction of sp³-hybridized carbons (Fsp3) is 0.250. The Morgan fingerprint density at radius 1 is 1.30 bits per heavy atom. The summed E-state index contributed by atoms with van der Waals surface area (Å²) in [6.07, 6.45) is 1.63. The first-order valence-electron chi connectivity index (χ1n) is 5.85. The second kappa shape index (κ2) is 5.49. The second-order valence-electron chi connectivity index (χ2n) is 4.31. The van der Waals surface area contributed by atoms with E-state index in [1.165, 1.54) is 0 Å². The lowest BCUT2D eigenvalue weighted by molar-refractivity contribution is 0.0843. The van der Waals surface area contributed by atoms with Crippen LogP contribution in [0.4, 0.5) is 0 Å². The minimum absolute atomic E-state index is 0.344. The maximum Gasteiger partial charge on any atom is 0.286 e. The van der Waals surface area contributed by atoms with Gasteiger partial charge in [-0.05, 0) is 35.8 Å². The molecule has 2 heterocycles. The number of nitrogens with one attached hydrogen (secondary N) is 3. The lowest BCUT2D eigenvalue weighted by Gasteiger charge is -2.06. The van der Waals surface area contributed by atoms with E-state index in [0.29, 0.717) is 17.0 Å². The molecule has 0 aliphatic carbocycles. The average Bonchev–Trinajstić information content (AvgIpc) is 2.91. The zero-order valence-corrected chi connectivity index (χ0v) is 12.8. The molecule has 0 aliphatic heterocycles. The number of hydrogen-bond acceptors (Lipinski definition) is 3. The van der Waals surface area contributed by atoms with Gasteiger partial charge in [-0.15, -0.1) is 0 Å². The van der Waals surface area contributed by atoms with Gasteiger partial charge in [0.1, 0.15) is 5.69 Å². The molecule has 0 aromatic carbocycles. The van der Waals surface area contributed by atoms with E-state index in [2.05, 4.69) is 36.9 Å². The van der Waals surface area contributed by atoms with Crippen LogP contribution in [0.1, 0.15) is 32.2 Å². The van der Waals surface area contributed by atoms with Crippen LogP contribution in [0.15, 0.2) is 16.7 Å². The van der Waals surface area contributed by atoms with Gasteiger partial charge in [-0.2, -0.15) is 5.10 Å². The molecule has 2 rings (SSSR count). The highest BCUT2D eigenvalue weighted by molar-refractivity contribution is 9.10. The summed E-state index contributed by atoms with van der Waals surface area (Å²) < 4.78 is 2.38. The number of aryl methyl sites for hydroxylation is 2. The molecule has 2 aromatic heterocycles. The number of carbonyl (C=O) groups excluding carboxylic acids is 2. The first kappa shape index (κ1) is 14.3. The van der Waals surface area contributed by atoms with E-state index >= 15 is 0 Å². The molecule has 0 saturated heterocycles. The third-order valence-electron chi connectivity index (χ3n) is 2.92. The van der Waals surface area contributed by atoms with E-state index in [9.17, 15) is 9.59 Å². The van der Waals surface area contributed by atoms with Crippen LogP contribution in [0.2, 0.25) is 0 Å². The van der Waals surface area contributed by atoms with E-state index in [1.807, 2.05) is 0 Å². The summed E-state index contributed by atoms with van der Waals surface area (Å²) >= 11 is 3.23. The summed E-state index contributed by atoms with van der Waals surface area (Å²) in [4.78, 5) is 26.6. The number of nitrogens with zero attached hydrogens (tertiary/aromatic N) is 2. The number of rotatable bonds is 2. The van der Waals surface area contributed by atoms with Crippen LogP contribution in [-0.2, 0) is 7.05 Å². The third-order valence-corrected chi connectivity index (χ3v) is 3.38. The fourth-order valence-electron chi connectivity index (χ4n) is 1.84. The predicted molar refractivity (Wildman–Crippen MR) is 76.1 cm³/mol. The van der Waals surface area contributed by atoms with Crippen LogP contribution in [-0.4, -0.2) is 26.6 Å². The summed E-state index contributed by atoms with van der Waals surface area (Å²) in [7, 11) is 1.76. The van der Waals surface area contributed by atoms with Gasteiger partial charge in [0.05, 0.1) is 11.3 Å². The van der Waals surface area contributed by atoms with Crippen LogP contribution in [0, 0.1) is 13.8 Å². The van der Waals surface area contributed by atoms with Gasteiger partial charge < -0.3 is 4.98 Å². The Morgan fingerprint density at radius 3 is 2.45 bits per heavy atom. The largest absolute Gasteiger partial charge is 0.356 e. The summed E-state index contributed by atoms with van der Waals surface area (Å²) in [6.45, 7) is 3.53. The van der Waals surface area contributed by atoms with Crippen molar-refractivity contribution in [2.75, 3.05) is 0 Å². The van der Waals surface area contributed by atoms with E-state index in [1.54, 1.807) is 37.8 Å². The van der Waals surface area contributed by atoms with Gasteiger partial charge in [0.15, 0.2) is 0 Å². The van der Waals surface area contributed by atoms with Gasteiger partial charge in [-0.25, -0.2) is 0 Å². The molecule has 3 N–H and O–H groups in total. The van der Waals surface area contributed by atoms with Gasteiger partial charge in [-0.1, -0.05) is 0 Å². The van der Waals surface area contributed by atoms with Crippen LogP contribution in [0.3, 0.4) is 0 Å². The number of aromatic amines is 1. The zero-order valence-electron chi connectivity index (χ0n) is 11.2. The van der Waals surface area contributed by atoms with Crippen molar-refractivity contribution in [2.24, 2.45) is 7.05 Å². The molecular formula is C12H14BrN5O2. The van der Waals surface area contributed by atoms with Gasteiger partial charge in [0.2, 0.25) is 0 Å². The number of hydrogen-bond donors (Lipinski definition) is 3. The van der Waals surface area contributed by atoms with E-state index in [-0.39, 0.29) is 0 Å². The molecule has 0 atom stereocenters. The van der Waals surface area contributed by atoms with Crippen molar-refractivity contribution in [1.82, 2.24) is 25.6 Å². The van der Waals surface area contributed by atoms with E-state index in [4.69, 9.17) is 0 Å². The standard InChI is InChI=1S/C12H14BrN5O2/c1-6-10(7(2)18(3)17-6)12(20)16-15-11(19)9-4-8(13)5-14-9/h4-5,14H,1-3H3,(H,15,19)(H,16,20). The maximum atomic E-state index is 12.0. The molecule has 0 spiro atoms. The minimum Gasteiger partial charge on any atom is -0.356 e. The van der Waals surface area contributed by atoms with Crippen LogP contribution in [0.5, 0.6) is 0 Å². The van der Waals surface area contributed by atoms with Gasteiger partial charge in [-0.3, -0.25) is 25.1 Å². The summed E-state index contributed by atoms with van der Waals surface area (Å²) in [5.41, 5.74) is 6.87. The first-order valence-corrected chi connectivity index (χ1v) is 6.64. The Balaban J connectivity index is 2.04. The maximum absolute atomic E-state index is 12.0. The van der Waals surface area contributed by atoms with Crippen molar-refractivity contribution in [3.8, 4) is 0 Å². The highest BCUT2D eigenvalue weighted by atomic mass is 79.9. The Labute approximate surface area is 123 Å². The topological polar surface area (TPSA) is 91.8 Å². The normalized spacial score (nSPS) is 10.4. The number of halogens is 1. The molecular weight excluding hydrogens is 326 g/mol. The van der Waals surface area contributed by atoms with Crippen LogP contribution >= 0.6 is 15.9 Å². The fourth-order valence-corrected chi connectivity index (χ4v) is 2.19. The van der Waals surface area contributed by atoms with Crippen LogP contribution in [0.25, 0.3) is 0 Å². The zero-order chi connectivity index (χ0) is 14.9. The summed E-state index contributed by atoms with van der Waals surface area (Å²) in [5, 5.41) is 4.15. The summed E-state index contributed by atoms with van der Waals surface area (Å²) in [6, 6.07) is 1.61. The third kappa shape index (κ3) is 2.74. The molecule has 0 aliphatic rings. The molecule has 7 nitrogen and oxygen atoms in total. The first-order chi connectivity index (χ1) is 9.40. The number of carbonyl (C=O) groups is 2. The second-order valence-corrected chi connectivity index (χ2v) is 5.22. The Morgan fingerprint density at radius 2 is 1.95 bits per heavy atom. The molecule has 0 unspecified atom stereocenters. The van der Waals surface area contributed by atoms with Crippen molar-refractivity contribution < 1.29 is 9.59 Å². The number of H-pyrrole nitrogens is 1. The smallest absolute Gasteiger partial charge is 0.286 e. The van der Waals surface area contributed by atoms with E-state index < -0.39 is 11.8 Å². The van der Waals surface area contributed by atoms with Crippen molar-refractivity contribution in [2.45, 2.75) is 13.8 Å². The Hall–Kier alpha value is -2.09. The summed E-state index contributed by atoms with van der Waals surface area (Å²) in [5.74, 6) is -0.824. The van der Waals surface area contributed by atoms with Gasteiger partial charge >= 0.3 is 0 Å². The molecule has 2 aromatic rings. The van der Waals surface area contributed by atoms with Crippen LogP contribution < -0.4 is 10.9 Å². The molecule has 2 amide bonds. The number of amides is 2. The molecule has 0 bridgehead atoms. The monoisotopic (exact) mass is 339 g/mol. The number of aromatic nitrogens is 3. The quantitative estimate of drug-likeness (QED) is 0.718. The number of hydrazine groups is 1. The Bertz CT molecular complexity index is 673. The molecule has 0 fully saturated rings. The van der Waals surface area contributed by atoms with Gasteiger partial charge in [0.25, 0.3) is 11.8 Å². The van der Waals surface area contributed by atoms with Crippen molar-refractivity contribution in [1.29, 1.82) is 0 Å². The molecule has 0 radical (unpaired) electrons. The molecule has 8 heteroatoms. The van der Waals surface area contributed by atoms with E-state index in [0.717, 1.165) is 10.2 Å². The SMILES string of the molecule is Cc1nn(C)c(C)c1C(=O)NNC(=O)c1cc(Br)c[nH]1. The lowest BCUT2D eigenvalue weighted by Crippen LogP contribution is -2.42.